The van der Waals surface area contributed by atoms with Gasteiger partial charge in [-0.15, -0.1) is 22.7 Å². The molecule has 2 aromatic heterocycles. The molecule has 0 saturated heterocycles. The summed E-state index contributed by atoms with van der Waals surface area (Å²) in [6.07, 6.45) is 6.72. The molecule has 0 aliphatic heterocycles. The Morgan fingerprint density at radius 2 is 2.11 bits per heavy atom. The molecular formula is C22H24N2O2S2. The Balaban J connectivity index is 1.23. The summed E-state index contributed by atoms with van der Waals surface area (Å²) in [6, 6.07) is 11.4. The zero-order valence-electron chi connectivity index (χ0n) is 15.8. The van der Waals surface area contributed by atoms with Gasteiger partial charge in [-0.3, -0.25) is 4.79 Å². The van der Waals surface area contributed by atoms with Gasteiger partial charge >= 0.3 is 0 Å². The van der Waals surface area contributed by atoms with Gasteiger partial charge in [-0.05, 0) is 61.7 Å². The van der Waals surface area contributed by atoms with Crippen LogP contribution in [0.3, 0.4) is 0 Å². The smallest absolute Gasteiger partial charge is 0.251 e. The van der Waals surface area contributed by atoms with E-state index in [1.165, 1.54) is 39.7 Å². The molecule has 1 amide bonds. The lowest BCUT2D eigenvalue weighted by atomic mass is 10.0. The highest BCUT2D eigenvalue weighted by atomic mass is 32.1. The molecule has 1 aliphatic carbocycles. The molecular weight excluding hydrogens is 388 g/mol. The monoisotopic (exact) mass is 412 g/mol. The van der Waals surface area contributed by atoms with Crippen LogP contribution < -0.4 is 10.1 Å². The van der Waals surface area contributed by atoms with Gasteiger partial charge in [0.1, 0.15) is 12.4 Å². The lowest BCUT2D eigenvalue weighted by Gasteiger charge is -2.08. The second-order valence-electron chi connectivity index (χ2n) is 6.94. The van der Waals surface area contributed by atoms with Gasteiger partial charge in [0.2, 0.25) is 0 Å². The van der Waals surface area contributed by atoms with Gasteiger partial charge in [0.25, 0.3) is 5.91 Å². The summed E-state index contributed by atoms with van der Waals surface area (Å²) in [5.41, 5.74) is 1.95. The third kappa shape index (κ3) is 5.00. The van der Waals surface area contributed by atoms with E-state index in [1.54, 1.807) is 17.4 Å². The number of carbonyl (C=O) groups excluding carboxylic acids is 1. The Morgan fingerprint density at radius 3 is 2.96 bits per heavy atom. The molecule has 3 aromatic rings. The third-order valence-electron chi connectivity index (χ3n) is 4.80. The molecule has 0 unspecified atom stereocenters. The zero-order chi connectivity index (χ0) is 19.2. The first-order chi connectivity index (χ1) is 13.8. The van der Waals surface area contributed by atoms with Crippen molar-refractivity contribution < 1.29 is 9.53 Å². The second-order valence-corrected chi connectivity index (χ2v) is 9.14. The number of ether oxygens (including phenoxy) is 1. The number of hydrogen-bond donors (Lipinski definition) is 1. The van der Waals surface area contributed by atoms with Gasteiger partial charge in [0.05, 0.1) is 10.7 Å². The molecule has 0 radical (unpaired) electrons. The highest BCUT2D eigenvalue weighted by molar-refractivity contribution is 7.11. The van der Waals surface area contributed by atoms with Crippen LogP contribution in [0.1, 0.15) is 50.1 Å². The molecule has 6 heteroatoms. The quantitative estimate of drug-likeness (QED) is 0.528. The van der Waals surface area contributed by atoms with Crippen molar-refractivity contribution in [3.05, 3.63) is 67.8 Å². The summed E-state index contributed by atoms with van der Waals surface area (Å²) in [4.78, 5) is 19.8. The lowest BCUT2D eigenvalue weighted by Crippen LogP contribution is -2.24. The highest BCUT2D eigenvalue weighted by Gasteiger charge is 2.15. The summed E-state index contributed by atoms with van der Waals surface area (Å²) in [6.45, 7) is 1.18. The molecule has 2 heterocycles. The van der Waals surface area contributed by atoms with Crippen LogP contribution in [-0.2, 0) is 25.9 Å². The average molecular weight is 413 g/mol. The fraction of sp³-hybridized carbons (Fsp3) is 0.364. The van der Waals surface area contributed by atoms with Crippen molar-refractivity contribution in [2.75, 3.05) is 6.54 Å². The minimum absolute atomic E-state index is 0.0555. The lowest BCUT2D eigenvalue weighted by molar-refractivity contribution is 0.0952. The number of hydrogen-bond acceptors (Lipinski definition) is 5. The number of aryl methyl sites for hydroxylation is 3. The minimum atomic E-state index is -0.0555. The van der Waals surface area contributed by atoms with Gasteiger partial charge < -0.3 is 10.1 Å². The maximum atomic E-state index is 12.4. The van der Waals surface area contributed by atoms with Crippen molar-refractivity contribution in [1.82, 2.24) is 10.3 Å². The maximum Gasteiger partial charge on any atom is 0.251 e. The van der Waals surface area contributed by atoms with Crippen molar-refractivity contribution in [2.45, 2.75) is 45.1 Å². The number of thiophene rings is 1. The SMILES string of the molecule is O=C(NCCCc1nc2c(s1)CCCC2)c1cccc(OCc2cccs2)c1. The van der Waals surface area contributed by atoms with Crippen LogP contribution in [0, 0.1) is 0 Å². The van der Waals surface area contributed by atoms with E-state index in [1.807, 2.05) is 47.0 Å². The van der Waals surface area contributed by atoms with E-state index in [2.05, 4.69) is 5.32 Å². The highest BCUT2D eigenvalue weighted by Crippen LogP contribution is 2.27. The van der Waals surface area contributed by atoms with Gasteiger partial charge in [0.15, 0.2) is 0 Å². The summed E-state index contributed by atoms with van der Waals surface area (Å²) in [7, 11) is 0. The number of nitrogens with one attached hydrogen (secondary N) is 1. The summed E-state index contributed by atoms with van der Waals surface area (Å²) in [5.74, 6) is 0.662. The van der Waals surface area contributed by atoms with Crippen molar-refractivity contribution in [2.24, 2.45) is 0 Å². The van der Waals surface area contributed by atoms with Crippen LogP contribution in [0.15, 0.2) is 41.8 Å². The van der Waals surface area contributed by atoms with Crippen LogP contribution in [0.25, 0.3) is 0 Å². The van der Waals surface area contributed by atoms with Crippen LogP contribution in [0.4, 0.5) is 0 Å². The van der Waals surface area contributed by atoms with Crippen LogP contribution in [0.5, 0.6) is 5.75 Å². The van der Waals surface area contributed by atoms with Crippen LogP contribution in [0.2, 0.25) is 0 Å². The zero-order valence-corrected chi connectivity index (χ0v) is 17.4. The average Bonchev–Trinajstić information content (AvgIpc) is 3.39. The molecule has 0 bridgehead atoms. The predicted octanol–water partition coefficient (Wildman–Crippen LogP) is 5.03. The van der Waals surface area contributed by atoms with E-state index < -0.39 is 0 Å². The van der Waals surface area contributed by atoms with Crippen molar-refractivity contribution in [1.29, 1.82) is 0 Å². The van der Waals surface area contributed by atoms with Gasteiger partial charge in [-0.2, -0.15) is 0 Å². The molecule has 1 aliphatic rings. The first kappa shape index (κ1) is 19.2. The van der Waals surface area contributed by atoms with E-state index >= 15 is 0 Å². The molecule has 4 nitrogen and oxygen atoms in total. The largest absolute Gasteiger partial charge is 0.488 e. The maximum absolute atomic E-state index is 12.4. The number of nitrogens with zero attached hydrogens (tertiary/aromatic N) is 1. The first-order valence-corrected chi connectivity index (χ1v) is 11.5. The number of fused-ring (bicyclic) bond motifs is 1. The van der Waals surface area contributed by atoms with Crippen LogP contribution >= 0.6 is 22.7 Å². The number of aromatic nitrogens is 1. The number of amides is 1. The van der Waals surface area contributed by atoms with Crippen molar-refractivity contribution in [3.63, 3.8) is 0 Å². The normalized spacial score (nSPS) is 13.1. The molecule has 4 rings (SSSR count). The molecule has 1 N–H and O–H groups in total. The topological polar surface area (TPSA) is 51.2 Å². The molecule has 0 spiro atoms. The van der Waals surface area contributed by atoms with E-state index in [9.17, 15) is 4.79 Å². The van der Waals surface area contributed by atoms with Gasteiger partial charge in [-0.1, -0.05) is 12.1 Å². The standard InChI is InChI=1S/C22H24N2O2S2/c25-22(16-6-3-7-17(14-16)26-15-18-8-5-13-27-18)23-12-4-11-21-24-19-9-1-2-10-20(19)28-21/h3,5-8,13-14H,1-2,4,9-12,15H2,(H,23,25). The molecule has 146 valence electrons. The van der Waals surface area contributed by atoms with Crippen molar-refractivity contribution in [3.8, 4) is 5.75 Å². The fourth-order valence-corrected chi connectivity index (χ4v) is 5.15. The fourth-order valence-electron chi connectivity index (χ4n) is 3.33. The predicted molar refractivity (Wildman–Crippen MR) is 115 cm³/mol. The Kier molecular flexibility index (Phi) is 6.39. The second kappa shape index (κ2) is 9.34. The Labute approximate surface area is 173 Å². The Bertz CT molecular complexity index is 895. The van der Waals surface area contributed by atoms with Crippen LogP contribution in [-0.4, -0.2) is 17.4 Å². The van der Waals surface area contributed by atoms with E-state index in [4.69, 9.17) is 9.72 Å². The molecule has 1 aromatic carbocycles. The summed E-state index contributed by atoms with van der Waals surface area (Å²) < 4.78 is 5.79. The van der Waals surface area contributed by atoms with Gasteiger partial charge in [0, 0.05) is 28.3 Å². The van der Waals surface area contributed by atoms with E-state index in [0.717, 1.165) is 25.0 Å². The first-order valence-electron chi connectivity index (χ1n) is 9.79. The minimum Gasteiger partial charge on any atom is -0.488 e. The number of carbonyl (C=O) groups is 1. The third-order valence-corrected chi connectivity index (χ3v) is 6.87. The number of thiazole rings is 1. The Morgan fingerprint density at radius 1 is 1.18 bits per heavy atom. The summed E-state index contributed by atoms with van der Waals surface area (Å²) >= 11 is 3.52. The number of benzene rings is 1. The summed E-state index contributed by atoms with van der Waals surface area (Å²) in [5, 5.41) is 6.26. The molecule has 0 atom stereocenters. The molecule has 28 heavy (non-hydrogen) atoms. The molecule has 0 fully saturated rings. The van der Waals surface area contributed by atoms with Gasteiger partial charge in [-0.25, -0.2) is 4.98 Å². The Hall–Kier alpha value is -2.18. The van der Waals surface area contributed by atoms with E-state index in [0.29, 0.717) is 18.7 Å². The number of rotatable bonds is 8. The van der Waals surface area contributed by atoms with E-state index in [-0.39, 0.29) is 5.91 Å². The van der Waals surface area contributed by atoms with Crippen molar-refractivity contribution >= 4 is 28.6 Å². The molecule has 0 saturated carbocycles.